The molecule has 1 aromatic heterocycles. The van der Waals surface area contributed by atoms with Gasteiger partial charge in [-0.15, -0.1) is 0 Å². The van der Waals surface area contributed by atoms with Gasteiger partial charge in [0.15, 0.2) is 0 Å². The second-order valence-corrected chi connectivity index (χ2v) is 8.57. The Hall–Kier alpha value is -3.63. The van der Waals surface area contributed by atoms with Crippen molar-refractivity contribution in [1.29, 1.82) is 0 Å². The van der Waals surface area contributed by atoms with Crippen LogP contribution in [0, 0.1) is 5.92 Å². The fourth-order valence-electron chi connectivity index (χ4n) is 3.56. The molecule has 0 aromatic carbocycles. The number of carbonyl (C=O) groups excluding carboxylic acids is 4. The van der Waals surface area contributed by atoms with Gasteiger partial charge < -0.3 is 30.4 Å². The second-order valence-electron chi connectivity index (χ2n) is 8.57. The molecule has 0 radical (unpaired) electrons. The van der Waals surface area contributed by atoms with Gasteiger partial charge in [0.05, 0.1) is 12.8 Å². The Balaban J connectivity index is 1.93. The number of nitrogens with zero attached hydrogens (tertiary/aromatic N) is 1. The number of carbonyl (C=O) groups is 5. The number of furan rings is 1. The van der Waals surface area contributed by atoms with E-state index < -0.39 is 47.7 Å². The van der Waals surface area contributed by atoms with E-state index in [1.54, 1.807) is 12.1 Å². The van der Waals surface area contributed by atoms with Crippen molar-refractivity contribution in [3.05, 3.63) is 30.2 Å². The summed E-state index contributed by atoms with van der Waals surface area (Å²) in [6, 6.07) is 0.652. The first-order chi connectivity index (χ1) is 16.1. The van der Waals surface area contributed by atoms with Crippen molar-refractivity contribution in [2.75, 3.05) is 13.1 Å². The lowest BCUT2D eigenvalue weighted by atomic mass is 10.0. The van der Waals surface area contributed by atoms with Crippen molar-refractivity contribution in [2.24, 2.45) is 5.92 Å². The van der Waals surface area contributed by atoms with Crippen LogP contribution in [-0.2, 0) is 24.0 Å². The molecule has 1 aromatic rings. The van der Waals surface area contributed by atoms with E-state index in [2.05, 4.69) is 16.0 Å². The third-order valence-electron chi connectivity index (χ3n) is 5.30. The van der Waals surface area contributed by atoms with Crippen LogP contribution in [-0.4, -0.2) is 70.8 Å². The van der Waals surface area contributed by atoms with Gasteiger partial charge >= 0.3 is 5.97 Å². The highest BCUT2D eigenvalue weighted by molar-refractivity contribution is 5.96. The lowest BCUT2D eigenvalue weighted by Gasteiger charge is -2.25. The van der Waals surface area contributed by atoms with E-state index in [1.165, 1.54) is 30.2 Å². The molecule has 11 heteroatoms. The first-order valence-corrected chi connectivity index (χ1v) is 11.2. The molecular weight excluding hydrogens is 444 g/mol. The molecule has 0 saturated carbocycles. The summed E-state index contributed by atoms with van der Waals surface area (Å²) in [6.45, 7) is 5.14. The lowest BCUT2D eigenvalue weighted by molar-refractivity contribution is -0.143. The van der Waals surface area contributed by atoms with Crippen LogP contribution in [0.25, 0.3) is 6.08 Å². The summed E-state index contributed by atoms with van der Waals surface area (Å²) in [5, 5.41) is 16.5. The van der Waals surface area contributed by atoms with E-state index in [0.29, 0.717) is 31.6 Å². The number of aliphatic carboxylic acids is 1. The van der Waals surface area contributed by atoms with Crippen LogP contribution in [0.1, 0.15) is 45.8 Å². The van der Waals surface area contributed by atoms with Crippen LogP contribution in [0.5, 0.6) is 0 Å². The maximum atomic E-state index is 12.7. The van der Waals surface area contributed by atoms with Crippen molar-refractivity contribution in [3.63, 3.8) is 0 Å². The molecular formula is C23H32N4O7. The van der Waals surface area contributed by atoms with Gasteiger partial charge in [0.1, 0.15) is 23.9 Å². The van der Waals surface area contributed by atoms with Gasteiger partial charge in [0, 0.05) is 12.6 Å². The van der Waals surface area contributed by atoms with Gasteiger partial charge in [-0.25, -0.2) is 0 Å². The molecule has 1 aliphatic heterocycles. The van der Waals surface area contributed by atoms with E-state index in [9.17, 15) is 24.0 Å². The van der Waals surface area contributed by atoms with Crippen molar-refractivity contribution in [1.82, 2.24) is 20.9 Å². The van der Waals surface area contributed by atoms with Gasteiger partial charge in [-0.1, -0.05) is 13.8 Å². The highest BCUT2D eigenvalue weighted by Crippen LogP contribution is 2.17. The molecule has 1 saturated heterocycles. The summed E-state index contributed by atoms with van der Waals surface area (Å²) >= 11 is 0. The Labute approximate surface area is 197 Å². The summed E-state index contributed by atoms with van der Waals surface area (Å²) in [6.07, 6.45) is 5.58. The van der Waals surface area contributed by atoms with Crippen LogP contribution in [0.3, 0.4) is 0 Å². The number of carboxylic acids is 1. The van der Waals surface area contributed by atoms with Gasteiger partial charge in [0.2, 0.25) is 23.6 Å². The number of carboxylic acid groups (broad SMARTS) is 1. The normalized spacial score (nSPS) is 17.4. The standard InChI is InChI=1S/C23H32N4O7/c1-14(2)12-17(26-19(28)9-8-16-6-5-11-34-16)21(30)24-13-20(29)27-10-4-7-18(27)22(31)25-15(3)23(32)33/h5-6,8-9,11,14-15,17-18H,4,7,10,12-13H2,1-3H3,(H,24,30)(H,25,31)(H,26,28)(H,32,33)/b9-8+/t15-,17+,18-/m1/s1. The smallest absolute Gasteiger partial charge is 0.325 e. The Bertz CT molecular complexity index is 910. The van der Waals surface area contributed by atoms with E-state index in [4.69, 9.17) is 9.52 Å². The fourth-order valence-corrected chi connectivity index (χ4v) is 3.56. The summed E-state index contributed by atoms with van der Waals surface area (Å²) in [5.41, 5.74) is 0. The monoisotopic (exact) mass is 476 g/mol. The predicted octanol–water partition coefficient (Wildman–Crippen LogP) is 0.520. The summed E-state index contributed by atoms with van der Waals surface area (Å²) in [4.78, 5) is 62.4. The lowest BCUT2D eigenvalue weighted by Crippen LogP contribution is -2.53. The largest absolute Gasteiger partial charge is 0.480 e. The molecule has 1 aliphatic rings. The zero-order chi connectivity index (χ0) is 25.3. The molecule has 0 bridgehead atoms. The van der Waals surface area contributed by atoms with Crippen LogP contribution in [0.2, 0.25) is 0 Å². The van der Waals surface area contributed by atoms with E-state index in [-0.39, 0.29) is 12.5 Å². The van der Waals surface area contributed by atoms with E-state index >= 15 is 0 Å². The van der Waals surface area contributed by atoms with Crippen molar-refractivity contribution in [2.45, 2.75) is 58.2 Å². The van der Waals surface area contributed by atoms with Gasteiger partial charge in [-0.3, -0.25) is 24.0 Å². The molecule has 0 unspecified atom stereocenters. The highest BCUT2D eigenvalue weighted by atomic mass is 16.4. The van der Waals surface area contributed by atoms with Crippen molar-refractivity contribution >= 4 is 35.7 Å². The van der Waals surface area contributed by atoms with Crippen LogP contribution in [0.4, 0.5) is 0 Å². The number of likely N-dealkylation sites (tertiary alicyclic amines) is 1. The van der Waals surface area contributed by atoms with Crippen LogP contribution >= 0.6 is 0 Å². The molecule has 4 N–H and O–H groups in total. The van der Waals surface area contributed by atoms with E-state index in [0.717, 1.165) is 0 Å². The minimum Gasteiger partial charge on any atom is -0.480 e. The summed E-state index contributed by atoms with van der Waals surface area (Å²) < 4.78 is 5.13. The molecule has 0 aliphatic carbocycles. The quantitative estimate of drug-likeness (QED) is 0.339. The molecule has 3 atom stereocenters. The molecule has 1 fully saturated rings. The maximum Gasteiger partial charge on any atom is 0.325 e. The molecule has 34 heavy (non-hydrogen) atoms. The zero-order valence-electron chi connectivity index (χ0n) is 19.6. The molecule has 2 heterocycles. The number of hydrogen-bond acceptors (Lipinski definition) is 6. The Kier molecular flexibility index (Phi) is 9.84. The summed E-state index contributed by atoms with van der Waals surface area (Å²) in [5.74, 6) is -2.57. The maximum absolute atomic E-state index is 12.7. The molecule has 0 spiro atoms. The molecule has 4 amide bonds. The summed E-state index contributed by atoms with van der Waals surface area (Å²) in [7, 11) is 0. The zero-order valence-corrected chi connectivity index (χ0v) is 19.6. The topological polar surface area (TPSA) is 158 Å². The molecule has 186 valence electrons. The third kappa shape index (κ3) is 8.05. The Morgan fingerprint density at radius 2 is 1.94 bits per heavy atom. The molecule has 2 rings (SSSR count). The third-order valence-corrected chi connectivity index (χ3v) is 5.30. The van der Waals surface area contributed by atoms with Crippen molar-refractivity contribution in [3.8, 4) is 0 Å². The Morgan fingerprint density at radius 3 is 2.56 bits per heavy atom. The van der Waals surface area contributed by atoms with Crippen molar-refractivity contribution < 1.29 is 33.5 Å². The second kappa shape index (κ2) is 12.6. The van der Waals surface area contributed by atoms with E-state index in [1.807, 2.05) is 13.8 Å². The van der Waals surface area contributed by atoms with Gasteiger partial charge in [-0.2, -0.15) is 0 Å². The van der Waals surface area contributed by atoms with Gasteiger partial charge in [0.25, 0.3) is 0 Å². The Morgan fingerprint density at radius 1 is 1.21 bits per heavy atom. The van der Waals surface area contributed by atoms with Crippen LogP contribution < -0.4 is 16.0 Å². The molecule has 11 nitrogen and oxygen atoms in total. The fraction of sp³-hybridized carbons (Fsp3) is 0.522. The van der Waals surface area contributed by atoms with Gasteiger partial charge in [-0.05, 0) is 50.3 Å². The number of hydrogen-bond donors (Lipinski definition) is 4. The SMILES string of the molecule is CC(C)C[C@H](NC(=O)/C=C/c1ccco1)C(=O)NCC(=O)N1CCC[C@@H]1C(=O)N[C@H](C)C(=O)O. The average Bonchev–Trinajstić information content (AvgIpc) is 3.47. The average molecular weight is 477 g/mol. The first-order valence-electron chi connectivity index (χ1n) is 11.2. The van der Waals surface area contributed by atoms with Crippen LogP contribution in [0.15, 0.2) is 28.9 Å². The predicted molar refractivity (Wildman–Crippen MR) is 122 cm³/mol. The minimum absolute atomic E-state index is 0.101. The first kappa shape index (κ1) is 26.6. The number of nitrogens with one attached hydrogen (secondary N) is 3. The number of rotatable bonds is 11. The highest BCUT2D eigenvalue weighted by Gasteiger charge is 2.35. The minimum atomic E-state index is -1.17. The number of amides is 4.